The molecule has 138 valence electrons. The van der Waals surface area contributed by atoms with Crippen molar-refractivity contribution in [3.63, 3.8) is 0 Å². The molecule has 26 heavy (non-hydrogen) atoms. The second-order valence-corrected chi connectivity index (χ2v) is 6.50. The maximum Gasteiger partial charge on any atom is 0.256 e. The van der Waals surface area contributed by atoms with Crippen LogP contribution in [0, 0.1) is 12.7 Å². The maximum atomic E-state index is 13.9. The van der Waals surface area contributed by atoms with Crippen LogP contribution in [0.1, 0.15) is 16.1 Å². The third kappa shape index (κ3) is 4.39. The van der Waals surface area contributed by atoms with Crippen LogP contribution in [0.5, 0.6) is 0 Å². The molecule has 0 spiro atoms. The van der Waals surface area contributed by atoms with Crippen LogP contribution in [0.15, 0.2) is 28.8 Å². The van der Waals surface area contributed by atoms with Gasteiger partial charge in [-0.15, -0.1) is 0 Å². The molecule has 1 aromatic heterocycles. The molecule has 0 aliphatic carbocycles. The van der Waals surface area contributed by atoms with E-state index in [1.807, 2.05) is 4.90 Å². The number of piperazine rings is 1. The van der Waals surface area contributed by atoms with Crippen molar-refractivity contribution >= 4 is 29.2 Å². The van der Waals surface area contributed by atoms with E-state index >= 15 is 0 Å². The van der Waals surface area contributed by atoms with Gasteiger partial charge in [0, 0.05) is 37.3 Å². The molecule has 0 saturated carbocycles. The molecular formula is C17H18ClFN4O3. The topological polar surface area (TPSA) is 78.7 Å². The fourth-order valence-electron chi connectivity index (χ4n) is 2.75. The predicted molar refractivity (Wildman–Crippen MR) is 93.6 cm³/mol. The second kappa shape index (κ2) is 7.84. The van der Waals surface area contributed by atoms with Crippen molar-refractivity contribution in [2.75, 3.05) is 38.0 Å². The SMILES string of the molecule is Cc1cc(NC(=O)CN2CCN(C(=O)c3ccc(Cl)cc3F)CC2)no1. The number of amides is 2. The molecule has 2 heterocycles. The molecule has 7 nitrogen and oxygen atoms in total. The molecule has 1 aliphatic rings. The predicted octanol–water partition coefficient (Wildman–Crippen LogP) is 2.17. The minimum Gasteiger partial charge on any atom is -0.360 e. The zero-order chi connectivity index (χ0) is 18.7. The van der Waals surface area contributed by atoms with Gasteiger partial charge in [-0.1, -0.05) is 16.8 Å². The van der Waals surface area contributed by atoms with Crippen LogP contribution in [-0.2, 0) is 4.79 Å². The van der Waals surface area contributed by atoms with Crippen LogP contribution >= 0.6 is 11.6 Å². The number of carbonyl (C=O) groups is 2. The summed E-state index contributed by atoms with van der Waals surface area (Å²) in [5, 5.41) is 6.61. The lowest BCUT2D eigenvalue weighted by Gasteiger charge is -2.34. The highest BCUT2D eigenvalue weighted by Crippen LogP contribution is 2.17. The van der Waals surface area contributed by atoms with Crippen molar-refractivity contribution in [3.05, 3.63) is 46.4 Å². The average Bonchev–Trinajstić information content (AvgIpc) is 2.99. The summed E-state index contributed by atoms with van der Waals surface area (Å²) in [4.78, 5) is 27.9. The smallest absolute Gasteiger partial charge is 0.256 e. The maximum absolute atomic E-state index is 13.9. The molecule has 1 N–H and O–H groups in total. The molecule has 1 saturated heterocycles. The van der Waals surface area contributed by atoms with Gasteiger partial charge in [0.15, 0.2) is 5.82 Å². The van der Waals surface area contributed by atoms with Crippen molar-refractivity contribution in [3.8, 4) is 0 Å². The lowest BCUT2D eigenvalue weighted by Crippen LogP contribution is -2.50. The number of anilines is 1. The van der Waals surface area contributed by atoms with E-state index in [0.29, 0.717) is 37.8 Å². The van der Waals surface area contributed by atoms with Gasteiger partial charge in [0.2, 0.25) is 5.91 Å². The minimum absolute atomic E-state index is 0.00185. The number of hydrogen-bond donors (Lipinski definition) is 1. The summed E-state index contributed by atoms with van der Waals surface area (Å²) in [5.41, 5.74) is 0.00185. The Labute approximate surface area is 154 Å². The van der Waals surface area contributed by atoms with E-state index in [1.165, 1.54) is 12.1 Å². The number of carbonyl (C=O) groups excluding carboxylic acids is 2. The molecule has 9 heteroatoms. The highest BCUT2D eigenvalue weighted by atomic mass is 35.5. The van der Waals surface area contributed by atoms with Gasteiger partial charge in [-0.25, -0.2) is 4.39 Å². The molecule has 2 amide bonds. The van der Waals surface area contributed by atoms with E-state index in [2.05, 4.69) is 10.5 Å². The van der Waals surface area contributed by atoms with Gasteiger partial charge in [-0.3, -0.25) is 14.5 Å². The Hall–Kier alpha value is -2.45. The standard InChI is InChI=1S/C17H18ClFN4O3/c1-11-8-15(21-26-11)20-16(24)10-22-4-6-23(7-5-22)17(25)13-3-2-12(18)9-14(13)19/h2-3,8-9H,4-7,10H2,1H3,(H,20,21,24). The molecular weight excluding hydrogens is 363 g/mol. The Bertz CT molecular complexity index is 818. The van der Waals surface area contributed by atoms with Crippen LogP contribution < -0.4 is 5.32 Å². The zero-order valence-corrected chi connectivity index (χ0v) is 14.9. The number of aromatic nitrogens is 1. The molecule has 0 radical (unpaired) electrons. The Balaban J connectivity index is 1.50. The van der Waals surface area contributed by atoms with Crippen molar-refractivity contribution in [1.82, 2.24) is 15.0 Å². The van der Waals surface area contributed by atoms with Gasteiger partial charge in [0.05, 0.1) is 12.1 Å². The van der Waals surface area contributed by atoms with Gasteiger partial charge in [-0.2, -0.15) is 0 Å². The van der Waals surface area contributed by atoms with Gasteiger partial charge < -0.3 is 14.7 Å². The largest absolute Gasteiger partial charge is 0.360 e. The number of rotatable bonds is 4. The third-order valence-corrected chi connectivity index (χ3v) is 4.32. The van der Waals surface area contributed by atoms with Gasteiger partial charge in [0.1, 0.15) is 11.6 Å². The molecule has 3 rings (SSSR count). The summed E-state index contributed by atoms with van der Waals surface area (Å²) in [5.74, 6) is -0.225. The van der Waals surface area contributed by atoms with Gasteiger partial charge in [-0.05, 0) is 25.1 Å². The highest BCUT2D eigenvalue weighted by Gasteiger charge is 2.25. The van der Waals surface area contributed by atoms with E-state index in [-0.39, 0.29) is 28.9 Å². The summed E-state index contributed by atoms with van der Waals surface area (Å²) in [6.07, 6.45) is 0. The van der Waals surface area contributed by atoms with E-state index in [0.717, 1.165) is 6.07 Å². The van der Waals surface area contributed by atoms with Crippen molar-refractivity contribution in [2.24, 2.45) is 0 Å². The Kier molecular flexibility index (Phi) is 5.53. The summed E-state index contributed by atoms with van der Waals surface area (Å²) in [6.45, 7) is 3.79. The fourth-order valence-corrected chi connectivity index (χ4v) is 2.91. The van der Waals surface area contributed by atoms with Crippen LogP contribution in [0.3, 0.4) is 0 Å². The van der Waals surface area contributed by atoms with Crippen LogP contribution in [0.4, 0.5) is 10.2 Å². The van der Waals surface area contributed by atoms with Crippen LogP contribution in [0.25, 0.3) is 0 Å². The molecule has 1 fully saturated rings. The fraction of sp³-hybridized carbons (Fsp3) is 0.353. The van der Waals surface area contributed by atoms with Crippen molar-refractivity contribution in [2.45, 2.75) is 6.92 Å². The number of hydrogen-bond acceptors (Lipinski definition) is 5. The first-order valence-corrected chi connectivity index (χ1v) is 8.50. The first-order valence-electron chi connectivity index (χ1n) is 8.12. The molecule has 1 aromatic carbocycles. The quantitative estimate of drug-likeness (QED) is 0.879. The third-order valence-electron chi connectivity index (χ3n) is 4.08. The Morgan fingerprint density at radius 2 is 2.00 bits per heavy atom. The average molecular weight is 381 g/mol. The molecule has 0 unspecified atom stereocenters. The van der Waals surface area contributed by atoms with E-state index in [1.54, 1.807) is 17.9 Å². The lowest BCUT2D eigenvalue weighted by molar-refractivity contribution is -0.117. The summed E-state index contributed by atoms with van der Waals surface area (Å²) in [7, 11) is 0. The van der Waals surface area contributed by atoms with Gasteiger partial charge >= 0.3 is 0 Å². The number of halogens is 2. The zero-order valence-electron chi connectivity index (χ0n) is 14.2. The first kappa shape index (κ1) is 18.3. The normalized spacial score (nSPS) is 15.1. The number of nitrogens with zero attached hydrogens (tertiary/aromatic N) is 3. The van der Waals surface area contributed by atoms with Crippen molar-refractivity contribution in [1.29, 1.82) is 0 Å². The van der Waals surface area contributed by atoms with E-state index < -0.39 is 5.82 Å². The minimum atomic E-state index is -0.632. The number of benzene rings is 1. The molecule has 0 bridgehead atoms. The summed E-state index contributed by atoms with van der Waals surface area (Å²) >= 11 is 5.71. The van der Waals surface area contributed by atoms with Crippen LogP contribution in [0.2, 0.25) is 5.02 Å². The van der Waals surface area contributed by atoms with Gasteiger partial charge in [0.25, 0.3) is 5.91 Å². The molecule has 1 aliphatic heterocycles. The highest BCUT2D eigenvalue weighted by molar-refractivity contribution is 6.30. The first-order chi connectivity index (χ1) is 12.4. The van der Waals surface area contributed by atoms with E-state index in [9.17, 15) is 14.0 Å². The Morgan fingerprint density at radius 1 is 1.27 bits per heavy atom. The summed E-state index contributed by atoms with van der Waals surface area (Å²) in [6, 6.07) is 5.64. The summed E-state index contributed by atoms with van der Waals surface area (Å²) < 4.78 is 18.8. The van der Waals surface area contributed by atoms with E-state index in [4.69, 9.17) is 16.1 Å². The monoisotopic (exact) mass is 380 g/mol. The Morgan fingerprint density at radius 3 is 2.62 bits per heavy atom. The second-order valence-electron chi connectivity index (χ2n) is 6.06. The van der Waals surface area contributed by atoms with Crippen molar-refractivity contribution < 1.29 is 18.5 Å². The number of nitrogens with one attached hydrogen (secondary N) is 1. The van der Waals surface area contributed by atoms with Crippen LogP contribution in [-0.4, -0.2) is 59.5 Å². The number of aryl methyl sites for hydroxylation is 1. The lowest BCUT2D eigenvalue weighted by atomic mass is 10.1. The molecule has 0 atom stereocenters. The molecule has 2 aromatic rings.